The molecular weight excluding hydrogens is 548 g/mol. The molecule has 1 N–H and O–H groups in total. The quantitative estimate of drug-likeness (QED) is 0.289. The second-order valence-corrected chi connectivity index (χ2v) is 11.8. The Labute approximate surface area is 239 Å². The lowest BCUT2D eigenvalue weighted by Gasteiger charge is -2.32. The molecule has 1 aliphatic rings. The lowest BCUT2D eigenvalue weighted by molar-refractivity contribution is 0.0978. The minimum absolute atomic E-state index is 0.0155. The van der Waals surface area contributed by atoms with E-state index < -0.39 is 15.9 Å². The van der Waals surface area contributed by atoms with Gasteiger partial charge in [0.15, 0.2) is 0 Å². The van der Waals surface area contributed by atoms with Crippen LogP contribution in [0.15, 0.2) is 96.0 Å². The Kier molecular flexibility index (Phi) is 8.62. The van der Waals surface area contributed by atoms with Gasteiger partial charge in [-0.15, -0.1) is 0 Å². The van der Waals surface area contributed by atoms with Crippen molar-refractivity contribution in [2.24, 2.45) is 5.92 Å². The van der Waals surface area contributed by atoms with Crippen LogP contribution in [0.25, 0.3) is 0 Å². The number of hydrogen-bond acceptors (Lipinski definition) is 7. The van der Waals surface area contributed by atoms with E-state index in [1.807, 2.05) is 6.07 Å². The van der Waals surface area contributed by atoms with Crippen molar-refractivity contribution in [1.29, 1.82) is 0 Å². The van der Waals surface area contributed by atoms with Crippen LogP contribution in [0.1, 0.15) is 34.5 Å². The monoisotopic (exact) mass is 576 g/mol. The SMILES string of the molecule is O=C(NS(=O)(=O)c1ccccc1)c1cnc(N2CCC(Cc3ccccc3)CC2)nc1COc1ccc(Cl)cc1. The Morgan fingerprint density at radius 1 is 0.950 bits per heavy atom. The van der Waals surface area contributed by atoms with Crippen molar-refractivity contribution in [3.8, 4) is 5.75 Å². The van der Waals surface area contributed by atoms with E-state index in [-0.39, 0.29) is 22.8 Å². The van der Waals surface area contributed by atoms with Gasteiger partial charge in [0.1, 0.15) is 12.4 Å². The number of halogens is 1. The summed E-state index contributed by atoms with van der Waals surface area (Å²) in [5.74, 6) is 0.760. The highest BCUT2D eigenvalue weighted by Crippen LogP contribution is 2.25. The number of nitrogens with one attached hydrogen (secondary N) is 1. The minimum atomic E-state index is -4.08. The molecule has 0 saturated carbocycles. The highest BCUT2D eigenvalue weighted by atomic mass is 35.5. The van der Waals surface area contributed by atoms with Gasteiger partial charge in [-0.25, -0.2) is 23.1 Å². The van der Waals surface area contributed by atoms with Gasteiger partial charge in [-0.3, -0.25) is 4.79 Å². The zero-order valence-corrected chi connectivity index (χ0v) is 23.3. The molecule has 206 valence electrons. The smallest absolute Gasteiger partial charge is 0.268 e. The zero-order valence-electron chi connectivity index (χ0n) is 21.7. The summed E-state index contributed by atoms with van der Waals surface area (Å²) in [7, 11) is -4.08. The molecule has 0 spiro atoms. The number of anilines is 1. The average molecular weight is 577 g/mol. The fourth-order valence-electron chi connectivity index (χ4n) is 4.66. The van der Waals surface area contributed by atoms with Crippen molar-refractivity contribution in [3.63, 3.8) is 0 Å². The van der Waals surface area contributed by atoms with Crippen LogP contribution >= 0.6 is 11.6 Å². The lowest BCUT2D eigenvalue weighted by Crippen LogP contribution is -2.36. The number of rotatable bonds is 9. The Morgan fingerprint density at radius 2 is 1.60 bits per heavy atom. The molecule has 1 aromatic heterocycles. The molecule has 8 nitrogen and oxygen atoms in total. The number of amides is 1. The third kappa shape index (κ3) is 6.97. The summed E-state index contributed by atoms with van der Waals surface area (Å²) in [6.07, 6.45) is 4.39. The molecule has 0 radical (unpaired) electrons. The number of benzene rings is 3. The molecule has 0 aliphatic carbocycles. The number of piperidine rings is 1. The highest BCUT2D eigenvalue weighted by molar-refractivity contribution is 7.90. The normalized spacial score (nSPS) is 14.1. The molecule has 1 fully saturated rings. The molecule has 2 heterocycles. The van der Waals surface area contributed by atoms with E-state index in [1.165, 1.54) is 23.9 Å². The first kappa shape index (κ1) is 27.6. The summed E-state index contributed by atoms with van der Waals surface area (Å²) < 4.78 is 33.6. The summed E-state index contributed by atoms with van der Waals surface area (Å²) in [5.41, 5.74) is 1.64. The second kappa shape index (κ2) is 12.5. The van der Waals surface area contributed by atoms with Gasteiger partial charge in [-0.1, -0.05) is 60.1 Å². The van der Waals surface area contributed by atoms with Crippen molar-refractivity contribution in [3.05, 3.63) is 113 Å². The predicted octanol–water partition coefficient (Wildman–Crippen LogP) is 5.29. The minimum Gasteiger partial charge on any atom is -0.487 e. The molecular formula is C30H29ClN4O4S. The van der Waals surface area contributed by atoms with E-state index in [0.29, 0.717) is 22.6 Å². The molecule has 3 aromatic carbocycles. The maximum Gasteiger partial charge on any atom is 0.268 e. The Balaban J connectivity index is 1.34. The summed E-state index contributed by atoms with van der Waals surface area (Å²) in [6, 6.07) is 25.0. The van der Waals surface area contributed by atoms with E-state index in [4.69, 9.17) is 16.3 Å². The number of nitrogens with zero attached hydrogens (tertiary/aromatic N) is 3. The molecule has 4 aromatic rings. The number of carbonyl (C=O) groups is 1. The number of aromatic nitrogens is 2. The average Bonchev–Trinajstić information content (AvgIpc) is 2.98. The molecule has 40 heavy (non-hydrogen) atoms. The highest BCUT2D eigenvalue weighted by Gasteiger charge is 2.25. The summed E-state index contributed by atoms with van der Waals surface area (Å²) in [4.78, 5) is 24.4. The molecule has 0 unspecified atom stereocenters. The first-order chi connectivity index (χ1) is 19.4. The van der Waals surface area contributed by atoms with Gasteiger partial charge >= 0.3 is 0 Å². The van der Waals surface area contributed by atoms with Crippen LogP contribution < -0.4 is 14.4 Å². The summed E-state index contributed by atoms with van der Waals surface area (Å²) >= 11 is 5.98. The summed E-state index contributed by atoms with van der Waals surface area (Å²) in [6.45, 7) is 1.50. The van der Waals surface area contributed by atoms with E-state index in [9.17, 15) is 13.2 Å². The molecule has 5 rings (SSSR count). The van der Waals surface area contributed by atoms with Crippen LogP contribution in [0, 0.1) is 5.92 Å². The zero-order chi connectivity index (χ0) is 28.0. The number of hydrogen-bond donors (Lipinski definition) is 1. The fourth-order valence-corrected chi connectivity index (χ4v) is 5.77. The number of carbonyl (C=O) groups excluding carboxylic acids is 1. The molecule has 10 heteroatoms. The van der Waals surface area contributed by atoms with Crippen LogP contribution in [0.4, 0.5) is 5.95 Å². The van der Waals surface area contributed by atoms with Crippen LogP contribution in [0.3, 0.4) is 0 Å². The van der Waals surface area contributed by atoms with Crippen molar-refractivity contribution in [2.45, 2.75) is 30.8 Å². The maximum absolute atomic E-state index is 13.2. The van der Waals surface area contributed by atoms with E-state index in [1.54, 1.807) is 42.5 Å². The molecule has 0 atom stereocenters. The summed E-state index contributed by atoms with van der Waals surface area (Å²) in [5, 5.41) is 0.568. The third-order valence-corrected chi connectivity index (χ3v) is 8.43. The van der Waals surface area contributed by atoms with Crippen LogP contribution in [-0.2, 0) is 23.1 Å². The Hall–Kier alpha value is -3.95. The lowest BCUT2D eigenvalue weighted by atomic mass is 9.90. The van der Waals surface area contributed by atoms with Crippen LogP contribution in [0.5, 0.6) is 5.75 Å². The van der Waals surface area contributed by atoms with Crippen molar-refractivity contribution < 1.29 is 17.9 Å². The maximum atomic E-state index is 13.2. The second-order valence-electron chi connectivity index (χ2n) is 9.64. The Bertz CT molecular complexity index is 1540. The van der Waals surface area contributed by atoms with Gasteiger partial charge in [-0.05, 0) is 67.1 Å². The fraction of sp³-hybridized carbons (Fsp3) is 0.233. The first-order valence-electron chi connectivity index (χ1n) is 13.0. The Morgan fingerprint density at radius 3 is 2.27 bits per heavy atom. The predicted molar refractivity (Wildman–Crippen MR) is 154 cm³/mol. The van der Waals surface area contributed by atoms with Gasteiger partial charge in [0.05, 0.1) is 16.2 Å². The van der Waals surface area contributed by atoms with E-state index in [2.05, 4.69) is 43.9 Å². The molecule has 1 amide bonds. The topological polar surface area (TPSA) is 101 Å². The molecule has 1 aliphatic heterocycles. The van der Waals surface area contributed by atoms with Gasteiger partial charge < -0.3 is 9.64 Å². The largest absolute Gasteiger partial charge is 0.487 e. The number of ether oxygens (including phenoxy) is 1. The molecule has 0 bridgehead atoms. The first-order valence-corrected chi connectivity index (χ1v) is 14.9. The molecule has 1 saturated heterocycles. The van der Waals surface area contributed by atoms with Crippen molar-refractivity contribution >= 4 is 33.5 Å². The van der Waals surface area contributed by atoms with Crippen molar-refractivity contribution in [2.75, 3.05) is 18.0 Å². The third-order valence-electron chi connectivity index (χ3n) is 6.83. The number of sulfonamides is 1. The van der Waals surface area contributed by atoms with Gasteiger partial charge in [0, 0.05) is 24.3 Å². The van der Waals surface area contributed by atoms with Crippen LogP contribution in [0.2, 0.25) is 5.02 Å². The van der Waals surface area contributed by atoms with Crippen LogP contribution in [-0.4, -0.2) is 37.4 Å². The van der Waals surface area contributed by atoms with E-state index >= 15 is 0 Å². The van der Waals surface area contributed by atoms with Crippen molar-refractivity contribution in [1.82, 2.24) is 14.7 Å². The van der Waals surface area contributed by atoms with Gasteiger partial charge in [-0.2, -0.15) is 0 Å². The van der Waals surface area contributed by atoms with Gasteiger partial charge in [0.25, 0.3) is 15.9 Å². The van der Waals surface area contributed by atoms with E-state index in [0.717, 1.165) is 32.4 Å². The van der Waals surface area contributed by atoms with Gasteiger partial charge in [0.2, 0.25) is 5.95 Å². The standard InChI is InChI=1S/C30H29ClN4O4S/c31-24-11-13-25(14-12-24)39-21-28-27(29(36)34-40(37,38)26-9-5-2-6-10-26)20-32-30(33-28)35-17-15-23(16-18-35)19-22-7-3-1-4-8-22/h1-14,20,23H,15-19,21H2,(H,34,36).